The molecule has 1 aromatic heterocycles. The third kappa shape index (κ3) is 4.02. The Hall–Kier alpha value is -1.96. The molecule has 0 radical (unpaired) electrons. The molecule has 4 N–H and O–H groups in total. The number of carboxylic acid groups (broad SMARTS) is 1. The van der Waals surface area contributed by atoms with E-state index >= 15 is 0 Å². The van der Waals surface area contributed by atoms with Crippen molar-refractivity contribution in [2.45, 2.75) is 45.7 Å². The predicted octanol–water partition coefficient (Wildman–Crippen LogP) is -0.218. The van der Waals surface area contributed by atoms with Crippen LogP contribution >= 0.6 is 0 Å². The van der Waals surface area contributed by atoms with Crippen LogP contribution in [0.4, 0.5) is 0 Å². The van der Waals surface area contributed by atoms with Gasteiger partial charge in [0.15, 0.2) is 5.69 Å². The molecule has 0 aliphatic carbocycles. The average Bonchev–Trinajstić information content (AvgIpc) is 2.79. The SMILES string of the molecule is CCC(CC)NC(=O)Cn1nnc(C(=O)O)c1CCN. The smallest absolute Gasteiger partial charge is 0.358 e. The van der Waals surface area contributed by atoms with Gasteiger partial charge >= 0.3 is 5.97 Å². The zero-order valence-corrected chi connectivity index (χ0v) is 11.8. The van der Waals surface area contributed by atoms with Crippen molar-refractivity contribution in [3.63, 3.8) is 0 Å². The minimum atomic E-state index is -1.17. The highest BCUT2D eigenvalue weighted by atomic mass is 16.4. The predicted molar refractivity (Wildman–Crippen MR) is 72.3 cm³/mol. The second kappa shape index (κ2) is 7.59. The summed E-state index contributed by atoms with van der Waals surface area (Å²) in [7, 11) is 0. The molecule has 0 saturated heterocycles. The molecule has 8 heteroatoms. The molecule has 0 aromatic carbocycles. The lowest BCUT2D eigenvalue weighted by Crippen LogP contribution is -2.36. The summed E-state index contributed by atoms with van der Waals surface area (Å²) < 4.78 is 1.30. The maximum absolute atomic E-state index is 11.9. The van der Waals surface area contributed by atoms with Gasteiger partial charge in [0.1, 0.15) is 6.54 Å². The fourth-order valence-corrected chi connectivity index (χ4v) is 1.91. The molecule has 0 saturated carbocycles. The van der Waals surface area contributed by atoms with Crippen LogP contribution in [-0.2, 0) is 17.8 Å². The summed E-state index contributed by atoms with van der Waals surface area (Å²) in [4.78, 5) is 22.9. The monoisotopic (exact) mass is 283 g/mol. The van der Waals surface area contributed by atoms with Gasteiger partial charge in [-0.05, 0) is 19.4 Å². The van der Waals surface area contributed by atoms with Gasteiger partial charge in [-0.25, -0.2) is 9.48 Å². The molecule has 1 amide bonds. The number of hydrogen-bond acceptors (Lipinski definition) is 5. The summed E-state index contributed by atoms with van der Waals surface area (Å²) in [6.07, 6.45) is 2.00. The Morgan fingerprint density at radius 3 is 2.55 bits per heavy atom. The first-order chi connectivity index (χ1) is 9.53. The van der Waals surface area contributed by atoms with E-state index in [0.29, 0.717) is 12.1 Å². The lowest BCUT2D eigenvalue weighted by Gasteiger charge is -2.15. The maximum Gasteiger partial charge on any atom is 0.358 e. The van der Waals surface area contributed by atoms with Crippen molar-refractivity contribution >= 4 is 11.9 Å². The van der Waals surface area contributed by atoms with E-state index in [4.69, 9.17) is 10.8 Å². The van der Waals surface area contributed by atoms with Gasteiger partial charge in [0.2, 0.25) is 5.91 Å². The molecule has 0 atom stereocenters. The van der Waals surface area contributed by atoms with Crippen molar-refractivity contribution < 1.29 is 14.7 Å². The zero-order chi connectivity index (χ0) is 15.1. The highest BCUT2D eigenvalue weighted by molar-refractivity contribution is 5.86. The zero-order valence-electron chi connectivity index (χ0n) is 11.8. The van der Waals surface area contributed by atoms with Gasteiger partial charge in [0.05, 0.1) is 5.69 Å². The van der Waals surface area contributed by atoms with Crippen molar-refractivity contribution in [1.29, 1.82) is 0 Å². The minimum Gasteiger partial charge on any atom is -0.476 e. The Morgan fingerprint density at radius 2 is 2.05 bits per heavy atom. The van der Waals surface area contributed by atoms with Gasteiger partial charge in [0, 0.05) is 12.5 Å². The lowest BCUT2D eigenvalue weighted by molar-refractivity contribution is -0.122. The van der Waals surface area contributed by atoms with Crippen molar-refractivity contribution in [1.82, 2.24) is 20.3 Å². The first-order valence-corrected chi connectivity index (χ1v) is 6.68. The molecule has 0 bridgehead atoms. The molecule has 1 heterocycles. The van der Waals surface area contributed by atoms with Crippen molar-refractivity contribution in [2.24, 2.45) is 5.73 Å². The van der Waals surface area contributed by atoms with Gasteiger partial charge in [0.25, 0.3) is 0 Å². The molecule has 8 nitrogen and oxygen atoms in total. The number of carboxylic acids is 1. The largest absolute Gasteiger partial charge is 0.476 e. The lowest BCUT2D eigenvalue weighted by atomic mass is 10.2. The Balaban J connectivity index is 2.81. The van der Waals surface area contributed by atoms with E-state index in [1.807, 2.05) is 13.8 Å². The molecule has 0 spiro atoms. The van der Waals surface area contributed by atoms with Crippen LogP contribution in [0.3, 0.4) is 0 Å². The van der Waals surface area contributed by atoms with Gasteiger partial charge in [-0.3, -0.25) is 4.79 Å². The van der Waals surface area contributed by atoms with Crippen LogP contribution in [0, 0.1) is 0 Å². The van der Waals surface area contributed by atoms with E-state index in [0.717, 1.165) is 12.8 Å². The number of carbonyl (C=O) groups is 2. The van der Waals surface area contributed by atoms with Crippen LogP contribution in [0.15, 0.2) is 0 Å². The number of carbonyl (C=O) groups excluding carboxylic acids is 1. The van der Waals surface area contributed by atoms with Crippen LogP contribution in [-0.4, -0.2) is 44.6 Å². The second-order valence-corrected chi connectivity index (χ2v) is 4.47. The number of aromatic carboxylic acids is 1. The topological polar surface area (TPSA) is 123 Å². The normalized spacial score (nSPS) is 10.8. The molecule has 1 rings (SSSR count). The summed E-state index contributed by atoms with van der Waals surface area (Å²) in [5.41, 5.74) is 5.68. The Kier molecular flexibility index (Phi) is 6.10. The molecule has 112 valence electrons. The summed E-state index contributed by atoms with van der Waals surface area (Å²) in [5.74, 6) is -1.38. The van der Waals surface area contributed by atoms with E-state index in [2.05, 4.69) is 15.6 Å². The number of amides is 1. The molecule has 0 aliphatic rings. The molecule has 0 unspecified atom stereocenters. The number of hydrogen-bond donors (Lipinski definition) is 3. The van der Waals surface area contributed by atoms with E-state index in [1.54, 1.807) is 0 Å². The van der Waals surface area contributed by atoms with E-state index < -0.39 is 5.97 Å². The van der Waals surface area contributed by atoms with E-state index in [-0.39, 0.29) is 30.7 Å². The van der Waals surface area contributed by atoms with Crippen LogP contribution in [0.1, 0.15) is 42.9 Å². The van der Waals surface area contributed by atoms with Gasteiger partial charge in [-0.15, -0.1) is 5.10 Å². The first kappa shape index (κ1) is 16.1. The number of nitrogens with two attached hydrogens (primary N) is 1. The van der Waals surface area contributed by atoms with Gasteiger partial charge in [-0.2, -0.15) is 0 Å². The quantitative estimate of drug-likeness (QED) is 0.606. The summed E-state index contributed by atoms with van der Waals surface area (Å²) in [6, 6.07) is 0.114. The molecule has 1 aromatic rings. The number of nitrogens with one attached hydrogen (secondary N) is 1. The maximum atomic E-state index is 11.9. The van der Waals surface area contributed by atoms with Crippen molar-refractivity contribution in [2.75, 3.05) is 6.54 Å². The third-order valence-electron chi connectivity index (χ3n) is 3.07. The molecule has 0 fully saturated rings. The average molecular weight is 283 g/mol. The molecule has 20 heavy (non-hydrogen) atoms. The van der Waals surface area contributed by atoms with E-state index in [1.165, 1.54) is 4.68 Å². The third-order valence-corrected chi connectivity index (χ3v) is 3.07. The standard InChI is InChI=1S/C12H21N5O3/c1-3-8(4-2)14-10(18)7-17-9(5-6-13)11(12(19)20)15-16-17/h8H,3-7,13H2,1-2H3,(H,14,18)(H,19,20). The second-order valence-electron chi connectivity index (χ2n) is 4.47. The van der Waals surface area contributed by atoms with Crippen LogP contribution in [0.2, 0.25) is 0 Å². The molecule has 0 aliphatic heterocycles. The van der Waals surface area contributed by atoms with E-state index in [9.17, 15) is 9.59 Å². The Morgan fingerprint density at radius 1 is 1.40 bits per heavy atom. The molecular weight excluding hydrogens is 262 g/mol. The fourth-order valence-electron chi connectivity index (χ4n) is 1.91. The van der Waals surface area contributed by atoms with Crippen LogP contribution < -0.4 is 11.1 Å². The van der Waals surface area contributed by atoms with Gasteiger partial charge in [-0.1, -0.05) is 19.1 Å². The van der Waals surface area contributed by atoms with Crippen LogP contribution in [0.25, 0.3) is 0 Å². The minimum absolute atomic E-state index is 0.0495. The number of nitrogens with zero attached hydrogens (tertiary/aromatic N) is 3. The molecular formula is C12H21N5O3. The Bertz CT molecular complexity index is 468. The summed E-state index contributed by atoms with van der Waals surface area (Å²) in [5, 5.41) is 19.2. The summed E-state index contributed by atoms with van der Waals surface area (Å²) in [6.45, 7) is 4.20. The first-order valence-electron chi connectivity index (χ1n) is 6.68. The van der Waals surface area contributed by atoms with Crippen molar-refractivity contribution in [3.8, 4) is 0 Å². The van der Waals surface area contributed by atoms with Crippen LogP contribution in [0.5, 0.6) is 0 Å². The number of aromatic nitrogens is 3. The highest BCUT2D eigenvalue weighted by Crippen LogP contribution is 2.06. The number of rotatable bonds is 8. The Labute approximate surface area is 117 Å². The summed E-state index contributed by atoms with van der Waals surface area (Å²) >= 11 is 0. The fraction of sp³-hybridized carbons (Fsp3) is 0.667. The highest BCUT2D eigenvalue weighted by Gasteiger charge is 2.20. The van der Waals surface area contributed by atoms with Crippen molar-refractivity contribution in [3.05, 3.63) is 11.4 Å². The van der Waals surface area contributed by atoms with Gasteiger partial charge < -0.3 is 16.2 Å².